The lowest BCUT2D eigenvalue weighted by molar-refractivity contribution is -0.143. The predicted octanol–water partition coefficient (Wildman–Crippen LogP) is 7.22. The molecule has 4 unspecified atom stereocenters. The van der Waals surface area contributed by atoms with E-state index in [9.17, 15) is 50.6 Å². The number of imide groups is 1. The summed E-state index contributed by atoms with van der Waals surface area (Å²) in [4.78, 5) is 55.3. The van der Waals surface area contributed by atoms with Crippen molar-refractivity contribution in [2.24, 2.45) is 17.8 Å². The number of allylic oxidation sites excluding steroid dienone is 6. The molecule has 6 nitrogen and oxygen atoms in total. The van der Waals surface area contributed by atoms with Gasteiger partial charge in [0, 0.05) is 28.0 Å². The second kappa shape index (κ2) is 10.2. The highest BCUT2D eigenvalue weighted by Gasteiger charge is 2.57. The summed E-state index contributed by atoms with van der Waals surface area (Å²) in [7, 11) is 0. The van der Waals surface area contributed by atoms with E-state index >= 15 is 0 Å². The van der Waals surface area contributed by atoms with Crippen molar-refractivity contribution in [1.29, 1.82) is 0 Å². The summed E-state index contributed by atoms with van der Waals surface area (Å²) in [5.74, 6) is -6.90. The highest BCUT2D eigenvalue weighted by Crippen LogP contribution is 2.56. The Labute approximate surface area is 262 Å². The first kappa shape index (κ1) is 30.6. The molecule has 1 fully saturated rings. The molecule has 3 aliphatic carbocycles. The van der Waals surface area contributed by atoms with Gasteiger partial charge >= 0.3 is 12.4 Å². The van der Waals surface area contributed by atoms with Crippen LogP contribution < -0.4 is 4.90 Å². The van der Waals surface area contributed by atoms with Crippen molar-refractivity contribution in [2.45, 2.75) is 38.0 Å². The van der Waals surface area contributed by atoms with Gasteiger partial charge in [0.25, 0.3) is 0 Å². The van der Waals surface area contributed by atoms with Crippen LogP contribution in [0.25, 0.3) is 10.8 Å². The van der Waals surface area contributed by atoms with Gasteiger partial charge in [-0.1, -0.05) is 42.0 Å². The number of benzene rings is 3. The summed E-state index contributed by atoms with van der Waals surface area (Å²) in [5, 5.41) is 11.6. The van der Waals surface area contributed by atoms with Crippen molar-refractivity contribution in [3.8, 4) is 5.75 Å². The zero-order valence-electron chi connectivity index (χ0n) is 24.4. The van der Waals surface area contributed by atoms with E-state index in [4.69, 9.17) is 0 Å². The summed E-state index contributed by atoms with van der Waals surface area (Å²) in [5.41, 5.74) is -2.56. The molecule has 0 spiro atoms. The zero-order chi connectivity index (χ0) is 33.7. The van der Waals surface area contributed by atoms with Gasteiger partial charge in [-0.3, -0.25) is 19.2 Å². The van der Waals surface area contributed by atoms with E-state index in [-0.39, 0.29) is 47.2 Å². The van der Waals surface area contributed by atoms with E-state index in [1.807, 2.05) is 0 Å². The second-order valence-corrected chi connectivity index (χ2v) is 12.2. The smallest absolute Gasteiger partial charge is 0.416 e. The Morgan fingerprint density at radius 2 is 1.45 bits per heavy atom. The summed E-state index contributed by atoms with van der Waals surface area (Å²) in [6.45, 7) is 1.51. The number of hydrogen-bond acceptors (Lipinski definition) is 5. The average Bonchev–Trinajstić information content (AvgIpc) is 3.27. The van der Waals surface area contributed by atoms with Crippen LogP contribution in [-0.4, -0.2) is 28.5 Å². The van der Waals surface area contributed by atoms with Gasteiger partial charge in [0.15, 0.2) is 11.6 Å². The third-order valence-electron chi connectivity index (χ3n) is 9.64. The number of phenolic OH excluding ortho intramolecular Hbond substituents is 1. The fourth-order valence-electron chi connectivity index (χ4n) is 7.60. The number of phenols is 1. The number of amides is 2. The van der Waals surface area contributed by atoms with Crippen LogP contribution in [0.4, 0.5) is 32.0 Å². The van der Waals surface area contributed by atoms with E-state index in [1.54, 1.807) is 36.4 Å². The van der Waals surface area contributed by atoms with Crippen LogP contribution in [0, 0.1) is 17.8 Å². The molecule has 1 N–H and O–H groups in total. The molecule has 0 aromatic heterocycles. The molecule has 4 aliphatic rings. The fourth-order valence-corrected chi connectivity index (χ4v) is 7.60. The van der Waals surface area contributed by atoms with Gasteiger partial charge in [0.2, 0.25) is 11.8 Å². The predicted molar refractivity (Wildman–Crippen MR) is 156 cm³/mol. The molecule has 3 aromatic rings. The Balaban J connectivity index is 1.38. The van der Waals surface area contributed by atoms with E-state index in [1.165, 1.54) is 19.1 Å². The van der Waals surface area contributed by atoms with E-state index < -0.39 is 70.4 Å². The summed E-state index contributed by atoms with van der Waals surface area (Å²) >= 11 is 0. The minimum atomic E-state index is -5.20. The lowest BCUT2D eigenvalue weighted by atomic mass is 9.59. The number of aromatic hydroxyl groups is 1. The molecule has 2 amide bonds. The number of nitrogens with zero attached hydrogens (tertiary/aromatic N) is 1. The SMILES string of the molecule is CC1=CC(=O)C2=C(C1=O)C(c1ccc(O)c3ccccc13)C1=CCC3C(=O)N(c4cc(C(F)(F)F)cc(C(F)(F)F)c4)C(=O)C3C1C2. The van der Waals surface area contributed by atoms with Crippen molar-refractivity contribution < 1.29 is 50.6 Å². The zero-order valence-corrected chi connectivity index (χ0v) is 24.4. The van der Waals surface area contributed by atoms with Gasteiger partial charge in [-0.2, -0.15) is 26.3 Å². The third kappa shape index (κ3) is 4.63. The second-order valence-electron chi connectivity index (χ2n) is 12.2. The maximum atomic E-state index is 14.1. The number of halogens is 6. The molecule has 4 atom stereocenters. The minimum Gasteiger partial charge on any atom is -0.507 e. The minimum absolute atomic E-state index is 0.0303. The van der Waals surface area contributed by atoms with Crippen LogP contribution >= 0.6 is 0 Å². The molecule has 3 aromatic carbocycles. The van der Waals surface area contributed by atoms with Crippen LogP contribution in [0.2, 0.25) is 0 Å². The van der Waals surface area contributed by atoms with Gasteiger partial charge in [-0.05, 0) is 67.0 Å². The van der Waals surface area contributed by atoms with Crippen LogP contribution in [0.1, 0.15) is 42.4 Å². The fraction of sp³-hybridized carbons (Fsp3) is 0.257. The van der Waals surface area contributed by atoms with Crippen molar-refractivity contribution in [3.05, 3.63) is 106 Å². The molecular weight excluding hydrogens is 628 g/mol. The van der Waals surface area contributed by atoms with Gasteiger partial charge in [-0.15, -0.1) is 0 Å². The highest BCUT2D eigenvalue weighted by atomic mass is 19.4. The lowest BCUT2D eigenvalue weighted by Crippen LogP contribution is -2.40. The average molecular weight is 652 g/mol. The number of Topliss-reactive ketones (excluding diaryl/α,β-unsaturated/α-hetero) is 1. The summed E-state index contributed by atoms with van der Waals surface area (Å²) in [6.07, 6.45) is -7.72. The molecule has 47 heavy (non-hydrogen) atoms. The Bertz CT molecular complexity index is 2020. The standard InChI is InChI=1S/C35H23F6NO5/c1-15-10-27(44)25-14-24-22(28(30(25)31(15)45)21-8-9-26(43)20-5-3-2-4-19(20)21)6-7-23-29(24)33(47)42(32(23)46)18-12-16(34(36,37)38)11-17(13-18)35(39,40)41/h2-6,8-13,23-24,28-29,43H,7,14H2,1H3. The van der Waals surface area contributed by atoms with E-state index in [2.05, 4.69) is 0 Å². The Morgan fingerprint density at radius 3 is 2.09 bits per heavy atom. The van der Waals surface area contributed by atoms with Crippen LogP contribution in [0.3, 0.4) is 0 Å². The quantitative estimate of drug-likeness (QED) is 0.137. The Kier molecular flexibility index (Phi) is 6.68. The van der Waals surface area contributed by atoms with Crippen molar-refractivity contribution >= 4 is 39.8 Å². The van der Waals surface area contributed by atoms with Gasteiger partial charge in [0.1, 0.15) is 5.75 Å². The van der Waals surface area contributed by atoms with E-state index in [0.717, 1.165) is 0 Å². The van der Waals surface area contributed by atoms with Crippen LogP contribution in [0.5, 0.6) is 5.75 Å². The molecule has 1 saturated heterocycles. The van der Waals surface area contributed by atoms with Crippen molar-refractivity contribution in [1.82, 2.24) is 0 Å². The number of ketones is 2. The number of carbonyl (C=O) groups excluding carboxylic acids is 4. The molecular formula is C35H23F6NO5. The number of anilines is 1. The number of alkyl halides is 6. The first-order valence-corrected chi connectivity index (χ1v) is 14.7. The largest absolute Gasteiger partial charge is 0.507 e. The molecule has 0 bridgehead atoms. The molecule has 12 heteroatoms. The van der Waals surface area contributed by atoms with Crippen molar-refractivity contribution in [3.63, 3.8) is 0 Å². The molecule has 0 radical (unpaired) electrons. The normalized spacial score (nSPS) is 24.7. The lowest BCUT2D eigenvalue weighted by Gasteiger charge is -2.42. The molecule has 1 aliphatic heterocycles. The molecule has 0 saturated carbocycles. The van der Waals surface area contributed by atoms with Crippen LogP contribution in [0.15, 0.2) is 89.0 Å². The summed E-state index contributed by atoms with van der Waals surface area (Å²) < 4.78 is 82.1. The Hall–Kier alpha value is -5.00. The number of hydrogen-bond donors (Lipinski definition) is 1. The van der Waals surface area contributed by atoms with Gasteiger partial charge < -0.3 is 5.11 Å². The monoisotopic (exact) mass is 651 g/mol. The third-order valence-corrected chi connectivity index (χ3v) is 9.64. The van der Waals surface area contributed by atoms with Crippen LogP contribution in [-0.2, 0) is 31.5 Å². The number of carbonyl (C=O) groups is 4. The van der Waals surface area contributed by atoms with Crippen molar-refractivity contribution in [2.75, 3.05) is 4.90 Å². The van der Waals surface area contributed by atoms with Gasteiger partial charge in [-0.25, -0.2) is 4.90 Å². The number of fused-ring (bicyclic) bond motifs is 4. The molecule has 1 heterocycles. The summed E-state index contributed by atoms with van der Waals surface area (Å²) in [6, 6.07) is 10.5. The van der Waals surface area contributed by atoms with Gasteiger partial charge in [0.05, 0.1) is 28.7 Å². The first-order valence-electron chi connectivity index (χ1n) is 14.7. The number of rotatable bonds is 2. The maximum absolute atomic E-state index is 14.1. The van der Waals surface area contributed by atoms with E-state index in [0.29, 0.717) is 38.9 Å². The topological polar surface area (TPSA) is 91.8 Å². The highest BCUT2D eigenvalue weighted by molar-refractivity contribution is 6.25. The molecule has 240 valence electrons. The Morgan fingerprint density at radius 1 is 0.809 bits per heavy atom. The maximum Gasteiger partial charge on any atom is 0.416 e. The molecule has 7 rings (SSSR count). The first-order chi connectivity index (χ1) is 22.1.